The lowest BCUT2D eigenvalue weighted by molar-refractivity contribution is -0.174. The third kappa shape index (κ3) is 3.26. The van der Waals surface area contributed by atoms with Gasteiger partial charge in [-0.15, -0.1) is 0 Å². The molecule has 1 spiro atoms. The molecule has 26 heavy (non-hydrogen) atoms. The zero-order chi connectivity index (χ0) is 18.1. The van der Waals surface area contributed by atoms with Crippen LogP contribution < -0.4 is 4.74 Å². The van der Waals surface area contributed by atoms with Crippen LogP contribution in [0.15, 0.2) is 36.8 Å². The number of hydrogen-bond donors (Lipinski definition) is 0. The molecule has 1 atom stereocenters. The lowest BCUT2D eigenvalue weighted by atomic mass is 9.84. The van der Waals surface area contributed by atoms with Crippen LogP contribution in [-0.2, 0) is 4.74 Å². The van der Waals surface area contributed by atoms with E-state index >= 15 is 0 Å². The summed E-state index contributed by atoms with van der Waals surface area (Å²) in [7, 11) is 0. The molecule has 0 aliphatic carbocycles. The van der Waals surface area contributed by atoms with Crippen LogP contribution >= 0.6 is 0 Å². The number of carbonyl (C=O) groups is 1. The van der Waals surface area contributed by atoms with Gasteiger partial charge in [0.05, 0.1) is 25.3 Å². The summed E-state index contributed by atoms with van der Waals surface area (Å²) >= 11 is 0. The van der Waals surface area contributed by atoms with Crippen molar-refractivity contribution in [1.82, 2.24) is 14.9 Å². The van der Waals surface area contributed by atoms with E-state index in [-0.39, 0.29) is 17.9 Å². The summed E-state index contributed by atoms with van der Waals surface area (Å²) in [5.41, 5.74) is 1.12. The number of halogens is 1. The van der Waals surface area contributed by atoms with Gasteiger partial charge in [0.25, 0.3) is 11.8 Å². The van der Waals surface area contributed by atoms with Crippen molar-refractivity contribution < 1.29 is 18.7 Å². The number of amides is 1. The topological polar surface area (TPSA) is 64.6 Å². The van der Waals surface area contributed by atoms with Crippen molar-refractivity contribution in [3.63, 3.8) is 0 Å². The lowest BCUT2D eigenvalue weighted by Crippen LogP contribution is -2.67. The Bertz CT molecular complexity index is 823. The van der Waals surface area contributed by atoms with Crippen LogP contribution in [0.2, 0.25) is 0 Å². The number of pyridine rings is 2. The molecule has 1 amide bonds. The highest BCUT2D eigenvalue weighted by Crippen LogP contribution is 2.36. The van der Waals surface area contributed by atoms with Gasteiger partial charge in [-0.25, -0.2) is 9.37 Å². The van der Waals surface area contributed by atoms with Crippen molar-refractivity contribution >= 4 is 5.91 Å². The highest BCUT2D eigenvalue weighted by molar-refractivity contribution is 5.94. The van der Waals surface area contributed by atoms with Gasteiger partial charge in [0.15, 0.2) is 5.82 Å². The van der Waals surface area contributed by atoms with E-state index in [0.29, 0.717) is 38.1 Å². The summed E-state index contributed by atoms with van der Waals surface area (Å²) in [4.78, 5) is 22.3. The molecule has 4 heterocycles. The van der Waals surface area contributed by atoms with Crippen LogP contribution in [0.3, 0.4) is 0 Å². The number of aryl methyl sites for hydroxylation is 1. The first-order chi connectivity index (χ1) is 12.5. The zero-order valence-corrected chi connectivity index (χ0v) is 14.5. The molecule has 136 valence electrons. The van der Waals surface area contributed by atoms with Gasteiger partial charge >= 0.3 is 0 Å². The molecule has 2 aromatic heterocycles. The summed E-state index contributed by atoms with van der Waals surface area (Å²) < 4.78 is 25.4. The van der Waals surface area contributed by atoms with Crippen LogP contribution in [0.5, 0.6) is 5.88 Å². The molecular weight excluding hydrogens is 337 g/mol. The van der Waals surface area contributed by atoms with E-state index in [1.807, 2.05) is 13.0 Å². The fraction of sp³-hybridized carbons (Fsp3) is 0.421. The van der Waals surface area contributed by atoms with Crippen LogP contribution in [0, 0.1) is 12.7 Å². The Labute approximate surface area is 151 Å². The molecule has 4 rings (SSSR count). The first kappa shape index (κ1) is 16.9. The SMILES string of the molecule is Cc1cncc(C(=O)N2CC3(C[C@@H](Oc4ncccc4F)CCO3)C2)c1. The van der Waals surface area contributed by atoms with Crippen LogP contribution in [-0.4, -0.2) is 52.2 Å². The summed E-state index contributed by atoms with van der Waals surface area (Å²) in [6.45, 7) is 3.44. The van der Waals surface area contributed by atoms with E-state index in [0.717, 1.165) is 5.56 Å². The molecule has 7 heteroatoms. The Balaban J connectivity index is 1.38. The van der Waals surface area contributed by atoms with Gasteiger partial charge in [-0.1, -0.05) is 0 Å². The van der Waals surface area contributed by atoms with Crippen LogP contribution in [0.25, 0.3) is 0 Å². The van der Waals surface area contributed by atoms with Gasteiger partial charge in [0, 0.05) is 31.4 Å². The van der Waals surface area contributed by atoms with E-state index < -0.39 is 11.4 Å². The van der Waals surface area contributed by atoms with Gasteiger partial charge in [0.1, 0.15) is 11.7 Å². The number of rotatable bonds is 3. The van der Waals surface area contributed by atoms with E-state index in [1.54, 1.807) is 17.3 Å². The standard InChI is InChI=1S/C19H20FN3O3/c1-13-7-14(10-21-9-13)18(24)23-11-19(12-23)8-15(4-6-25-19)26-17-16(20)3-2-5-22-17/h2-3,5,7,9-10,15H,4,6,8,11-12H2,1H3/t15-/m0/s1. The molecule has 2 aromatic rings. The first-order valence-corrected chi connectivity index (χ1v) is 8.67. The van der Waals surface area contributed by atoms with Gasteiger partial charge in [-0.3, -0.25) is 9.78 Å². The molecule has 2 saturated heterocycles. The second-order valence-corrected chi connectivity index (χ2v) is 6.97. The molecule has 0 unspecified atom stereocenters. The van der Waals surface area contributed by atoms with Gasteiger partial charge < -0.3 is 14.4 Å². The molecule has 6 nitrogen and oxygen atoms in total. The Morgan fingerprint density at radius 1 is 1.42 bits per heavy atom. The number of nitrogens with zero attached hydrogens (tertiary/aromatic N) is 3. The summed E-state index contributed by atoms with van der Waals surface area (Å²) in [5, 5.41) is 0. The molecular formula is C19H20FN3O3. The van der Waals surface area contributed by atoms with Crippen molar-refractivity contribution in [3.8, 4) is 5.88 Å². The number of hydrogen-bond acceptors (Lipinski definition) is 5. The number of carbonyl (C=O) groups excluding carboxylic acids is 1. The summed E-state index contributed by atoms with van der Waals surface area (Å²) in [6, 6.07) is 4.69. The molecule has 0 aromatic carbocycles. The minimum absolute atomic E-state index is 0.0210. The van der Waals surface area contributed by atoms with E-state index in [4.69, 9.17) is 9.47 Å². The normalized spacial score (nSPS) is 21.3. The van der Waals surface area contributed by atoms with E-state index in [9.17, 15) is 9.18 Å². The average molecular weight is 357 g/mol. The monoisotopic (exact) mass is 357 g/mol. The van der Waals surface area contributed by atoms with Crippen molar-refractivity contribution in [2.24, 2.45) is 0 Å². The number of ether oxygens (including phenoxy) is 2. The molecule has 2 fully saturated rings. The van der Waals surface area contributed by atoms with E-state index in [2.05, 4.69) is 9.97 Å². The smallest absolute Gasteiger partial charge is 0.255 e. The maximum atomic E-state index is 13.7. The van der Waals surface area contributed by atoms with Crippen LogP contribution in [0.4, 0.5) is 4.39 Å². The third-order valence-corrected chi connectivity index (χ3v) is 4.82. The summed E-state index contributed by atoms with van der Waals surface area (Å²) in [5.74, 6) is -0.493. The highest BCUT2D eigenvalue weighted by atomic mass is 19.1. The molecule has 0 radical (unpaired) electrons. The third-order valence-electron chi connectivity index (χ3n) is 4.82. The van der Waals surface area contributed by atoms with Crippen molar-refractivity contribution in [2.45, 2.75) is 31.5 Å². The number of likely N-dealkylation sites (tertiary alicyclic amines) is 1. The predicted octanol–water partition coefficient (Wildman–Crippen LogP) is 2.38. The maximum Gasteiger partial charge on any atom is 0.255 e. The zero-order valence-electron chi connectivity index (χ0n) is 14.5. The minimum atomic E-state index is -0.467. The van der Waals surface area contributed by atoms with Gasteiger partial charge in [-0.2, -0.15) is 0 Å². The lowest BCUT2D eigenvalue weighted by Gasteiger charge is -2.52. The molecule has 2 aliphatic rings. The second-order valence-electron chi connectivity index (χ2n) is 6.97. The van der Waals surface area contributed by atoms with Gasteiger partial charge in [-0.05, 0) is 30.7 Å². The molecule has 0 saturated carbocycles. The fourth-order valence-electron chi connectivity index (χ4n) is 3.57. The average Bonchev–Trinajstić information content (AvgIpc) is 2.61. The Kier molecular flexibility index (Phi) is 4.32. The van der Waals surface area contributed by atoms with Crippen molar-refractivity contribution in [2.75, 3.05) is 19.7 Å². The highest BCUT2D eigenvalue weighted by Gasteiger charge is 2.50. The quantitative estimate of drug-likeness (QED) is 0.844. The van der Waals surface area contributed by atoms with Crippen LogP contribution in [0.1, 0.15) is 28.8 Å². The predicted molar refractivity (Wildman–Crippen MR) is 91.4 cm³/mol. The van der Waals surface area contributed by atoms with Gasteiger partial charge in [0.2, 0.25) is 0 Å². The summed E-state index contributed by atoms with van der Waals surface area (Å²) in [6.07, 6.45) is 5.92. The van der Waals surface area contributed by atoms with Crippen molar-refractivity contribution in [3.05, 3.63) is 53.7 Å². The second kappa shape index (κ2) is 6.64. The molecule has 0 N–H and O–H groups in total. The Hall–Kier alpha value is -2.54. The molecule has 2 aliphatic heterocycles. The van der Waals surface area contributed by atoms with Crippen molar-refractivity contribution in [1.29, 1.82) is 0 Å². The van der Waals surface area contributed by atoms with E-state index in [1.165, 1.54) is 18.3 Å². The Morgan fingerprint density at radius 2 is 2.27 bits per heavy atom. The number of aromatic nitrogens is 2. The minimum Gasteiger partial charge on any atom is -0.472 e. The fourth-order valence-corrected chi connectivity index (χ4v) is 3.57. The Morgan fingerprint density at radius 3 is 3.04 bits per heavy atom. The first-order valence-electron chi connectivity index (χ1n) is 8.67. The largest absolute Gasteiger partial charge is 0.472 e. The molecule has 0 bridgehead atoms. The maximum absolute atomic E-state index is 13.7.